The zero-order chi connectivity index (χ0) is 12.3. The van der Waals surface area contributed by atoms with E-state index in [9.17, 15) is 4.79 Å². The number of carbonyl (C=O) groups is 1. The van der Waals surface area contributed by atoms with Gasteiger partial charge in [0.2, 0.25) is 5.16 Å². The zero-order valence-electron chi connectivity index (χ0n) is 9.02. The van der Waals surface area contributed by atoms with Crippen LogP contribution in [0.4, 0.5) is 0 Å². The molecule has 2 rings (SSSR count). The van der Waals surface area contributed by atoms with Gasteiger partial charge in [-0.05, 0) is 16.5 Å². The first-order valence-corrected chi connectivity index (χ1v) is 5.73. The quantitative estimate of drug-likeness (QED) is 0.736. The lowest BCUT2D eigenvalue weighted by Gasteiger charge is -1.99. The predicted octanol–water partition coefficient (Wildman–Crippen LogP) is -0.217. The standard InChI is InChI=1S/C8H10N6O2S/c1-13-3-2-6(10-13)5-17-8-9-11-12-14(8)4-7(15)16/h2-3H,4-5H2,1H3,(H,15,16). The third-order valence-electron chi connectivity index (χ3n) is 1.90. The summed E-state index contributed by atoms with van der Waals surface area (Å²) in [7, 11) is 1.84. The van der Waals surface area contributed by atoms with E-state index in [2.05, 4.69) is 20.6 Å². The highest BCUT2D eigenvalue weighted by Gasteiger charge is 2.10. The first kappa shape index (κ1) is 11.6. The molecular weight excluding hydrogens is 244 g/mol. The number of hydrogen-bond donors (Lipinski definition) is 1. The van der Waals surface area contributed by atoms with E-state index >= 15 is 0 Å². The predicted molar refractivity (Wildman–Crippen MR) is 58.2 cm³/mol. The van der Waals surface area contributed by atoms with Crippen LogP contribution >= 0.6 is 11.8 Å². The Bertz CT molecular complexity index is 522. The molecule has 17 heavy (non-hydrogen) atoms. The number of nitrogens with zero attached hydrogens (tertiary/aromatic N) is 6. The summed E-state index contributed by atoms with van der Waals surface area (Å²) in [5.41, 5.74) is 0.891. The van der Waals surface area contributed by atoms with Crippen molar-refractivity contribution in [1.29, 1.82) is 0 Å². The van der Waals surface area contributed by atoms with Gasteiger partial charge in [0.1, 0.15) is 6.54 Å². The van der Waals surface area contributed by atoms with Gasteiger partial charge in [0, 0.05) is 19.0 Å². The van der Waals surface area contributed by atoms with E-state index in [-0.39, 0.29) is 6.54 Å². The molecule has 0 spiro atoms. The van der Waals surface area contributed by atoms with Crippen molar-refractivity contribution in [3.8, 4) is 0 Å². The van der Waals surface area contributed by atoms with Gasteiger partial charge in [-0.15, -0.1) is 5.10 Å². The molecule has 0 radical (unpaired) electrons. The minimum Gasteiger partial charge on any atom is -0.480 e. The number of rotatable bonds is 5. The van der Waals surface area contributed by atoms with Crippen molar-refractivity contribution >= 4 is 17.7 Å². The maximum atomic E-state index is 10.6. The number of thioether (sulfide) groups is 1. The summed E-state index contributed by atoms with van der Waals surface area (Å²) >= 11 is 1.35. The first-order valence-electron chi connectivity index (χ1n) is 4.74. The summed E-state index contributed by atoms with van der Waals surface area (Å²) in [5, 5.41) is 24.1. The van der Waals surface area contributed by atoms with Crippen LogP contribution in [-0.4, -0.2) is 41.1 Å². The Hall–Kier alpha value is -1.90. The lowest BCUT2D eigenvalue weighted by Crippen LogP contribution is -2.11. The van der Waals surface area contributed by atoms with Crippen molar-refractivity contribution in [3.63, 3.8) is 0 Å². The van der Waals surface area contributed by atoms with Crippen LogP contribution in [-0.2, 0) is 24.1 Å². The van der Waals surface area contributed by atoms with Gasteiger partial charge in [-0.2, -0.15) is 5.10 Å². The van der Waals surface area contributed by atoms with E-state index in [1.54, 1.807) is 4.68 Å². The van der Waals surface area contributed by atoms with E-state index in [4.69, 9.17) is 5.11 Å². The number of tetrazole rings is 1. The molecular formula is C8H10N6O2S. The lowest BCUT2D eigenvalue weighted by atomic mass is 10.5. The number of carboxylic acids is 1. The molecule has 9 heteroatoms. The van der Waals surface area contributed by atoms with Gasteiger partial charge in [0.25, 0.3) is 0 Å². The fourth-order valence-corrected chi connectivity index (χ4v) is 1.98. The molecule has 0 saturated carbocycles. The Morgan fingerprint density at radius 2 is 2.41 bits per heavy atom. The number of aliphatic carboxylic acids is 1. The molecule has 0 aromatic carbocycles. The van der Waals surface area contributed by atoms with Gasteiger partial charge in [-0.3, -0.25) is 9.48 Å². The second kappa shape index (κ2) is 4.95. The Kier molecular flexibility index (Phi) is 3.38. The molecule has 2 aromatic heterocycles. The van der Waals surface area contributed by atoms with Gasteiger partial charge in [-0.1, -0.05) is 11.8 Å². The molecule has 0 atom stereocenters. The molecule has 0 aliphatic rings. The normalized spacial score (nSPS) is 10.6. The molecule has 0 amide bonds. The molecule has 90 valence electrons. The van der Waals surface area contributed by atoms with E-state index in [0.717, 1.165) is 5.69 Å². The Morgan fingerprint density at radius 3 is 3.06 bits per heavy atom. The fraction of sp³-hybridized carbons (Fsp3) is 0.375. The number of aryl methyl sites for hydroxylation is 1. The van der Waals surface area contributed by atoms with Crippen LogP contribution in [0, 0.1) is 0 Å². The summed E-state index contributed by atoms with van der Waals surface area (Å²) in [6.07, 6.45) is 1.84. The van der Waals surface area contributed by atoms with Crippen molar-refractivity contribution < 1.29 is 9.90 Å². The van der Waals surface area contributed by atoms with Crippen LogP contribution in [0.5, 0.6) is 0 Å². The molecule has 0 saturated heterocycles. The number of hydrogen-bond acceptors (Lipinski definition) is 6. The molecule has 0 aliphatic carbocycles. The van der Waals surface area contributed by atoms with Crippen molar-refractivity contribution in [1.82, 2.24) is 30.0 Å². The van der Waals surface area contributed by atoms with Crippen LogP contribution < -0.4 is 0 Å². The molecule has 2 aromatic rings. The summed E-state index contributed by atoms with van der Waals surface area (Å²) in [6.45, 7) is -0.239. The van der Waals surface area contributed by atoms with Crippen LogP contribution in [0.25, 0.3) is 0 Å². The lowest BCUT2D eigenvalue weighted by molar-refractivity contribution is -0.138. The van der Waals surface area contributed by atoms with Crippen molar-refractivity contribution in [3.05, 3.63) is 18.0 Å². The Labute approximate surface area is 101 Å². The summed E-state index contributed by atoms with van der Waals surface area (Å²) in [4.78, 5) is 10.6. The first-order chi connectivity index (χ1) is 8.15. The van der Waals surface area contributed by atoms with Crippen LogP contribution in [0.2, 0.25) is 0 Å². The summed E-state index contributed by atoms with van der Waals surface area (Å²) in [5.74, 6) is -0.377. The van der Waals surface area contributed by atoms with E-state index in [0.29, 0.717) is 10.9 Å². The van der Waals surface area contributed by atoms with Gasteiger partial charge in [0.05, 0.1) is 5.69 Å². The Balaban J connectivity index is 1.99. The van der Waals surface area contributed by atoms with Crippen LogP contribution in [0.3, 0.4) is 0 Å². The maximum absolute atomic E-state index is 10.6. The highest BCUT2D eigenvalue weighted by molar-refractivity contribution is 7.98. The van der Waals surface area contributed by atoms with Gasteiger partial charge in [-0.25, -0.2) is 4.68 Å². The molecule has 0 fully saturated rings. The topological polar surface area (TPSA) is 98.7 Å². The molecule has 0 unspecified atom stereocenters. The van der Waals surface area contributed by atoms with Gasteiger partial charge in [0.15, 0.2) is 0 Å². The average Bonchev–Trinajstić information content (AvgIpc) is 2.84. The number of aromatic nitrogens is 6. The van der Waals surface area contributed by atoms with Crippen LogP contribution in [0.15, 0.2) is 17.4 Å². The van der Waals surface area contributed by atoms with E-state index in [1.807, 2.05) is 19.3 Å². The molecule has 1 N–H and O–H groups in total. The number of carboxylic acid groups (broad SMARTS) is 1. The zero-order valence-corrected chi connectivity index (χ0v) is 9.83. The second-order valence-corrected chi connectivity index (χ2v) is 4.22. The largest absolute Gasteiger partial charge is 0.480 e. The van der Waals surface area contributed by atoms with Gasteiger partial charge < -0.3 is 5.11 Å². The SMILES string of the molecule is Cn1ccc(CSc2nnnn2CC(=O)O)n1. The second-order valence-electron chi connectivity index (χ2n) is 3.28. The molecule has 0 bridgehead atoms. The fourth-order valence-electron chi connectivity index (χ4n) is 1.21. The van der Waals surface area contributed by atoms with E-state index < -0.39 is 5.97 Å². The van der Waals surface area contributed by atoms with E-state index in [1.165, 1.54) is 16.4 Å². The minimum absolute atomic E-state index is 0.239. The Morgan fingerprint density at radius 1 is 1.59 bits per heavy atom. The van der Waals surface area contributed by atoms with Crippen molar-refractivity contribution in [2.24, 2.45) is 7.05 Å². The van der Waals surface area contributed by atoms with Crippen LogP contribution in [0.1, 0.15) is 5.69 Å². The third-order valence-corrected chi connectivity index (χ3v) is 2.89. The van der Waals surface area contributed by atoms with Crippen molar-refractivity contribution in [2.75, 3.05) is 0 Å². The van der Waals surface area contributed by atoms with Gasteiger partial charge >= 0.3 is 5.97 Å². The maximum Gasteiger partial charge on any atom is 0.325 e. The summed E-state index contributed by atoms with van der Waals surface area (Å²) in [6, 6.07) is 1.89. The van der Waals surface area contributed by atoms with Crippen molar-refractivity contribution in [2.45, 2.75) is 17.5 Å². The smallest absolute Gasteiger partial charge is 0.325 e. The molecule has 8 nitrogen and oxygen atoms in total. The molecule has 0 aliphatic heterocycles. The summed E-state index contributed by atoms with van der Waals surface area (Å²) < 4.78 is 2.95. The minimum atomic E-state index is -0.975. The highest BCUT2D eigenvalue weighted by Crippen LogP contribution is 2.18. The third kappa shape index (κ3) is 3.03. The average molecular weight is 254 g/mol. The highest BCUT2D eigenvalue weighted by atomic mass is 32.2. The molecule has 2 heterocycles. The monoisotopic (exact) mass is 254 g/mol.